The van der Waals surface area contributed by atoms with Gasteiger partial charge in [0.2, 0.25) is 0 Å². The molecule has 0 saturated carbocycles. The second-order valence-corrected chi connectivity index (χ2v) is 2.78. The molecular weight excluding hydrogens is 224 g/mol. The molecule has 0 amide bonds. The highest BCUT2D eigenvalue weighted by atomic mass is 19.4. The van der Waals surface area contributed by atoms with Crippen LogP contribution in [0.1, 0.15) is 13.3 Å². The Kier molecular flexibility index (Phi) is 3.40. The lowest BCUT2D eigenvalue weighted by Crippen LogP contribution is -2.54. The summed E-state index contributed by atoms with van der Waals surface area (Å²) in [5.74, 6) is 0. The number of alkyl halides is 8. The van der Waals surface area contributed by atoms with Crippen molar-refractivity contribution in [1.29, 1.82) is 0 Å². The average Bonchev–Trinajstić information content (AvgIpc) is 1.79. The molecule has 0 rings (SSSR count). The molecule has 0 aliphatic carbocycles. The van der Waals surface area contributed by atoms with Gasteiger partial charge >= 0.3 is 18.0 Å². The van der Waals surface area contributed by atoms with Crippen molar-refractivity contribution >= 4 is 0 Å². The third kappa shape index (κ3) is 2.48. The van der Waals surface area contributed by atoms with Crippen molar-refractivity contribution < 1.29 is 35.1 Å². The van der Waals surface area contributed by atoms with Gasteiger partial charge in [-0.2, -0.15) is 26.3 Å². The molecule has 0 spiro atoms. The monoisotopic (exact) mass is 230 g/mol. The highest BCUT2D eigenvalue weighted by molar-refractivity contribution is 4.95. The molecular formula is C6H6F8. The molecule has 1 atom stereocenters. The van der Waals surface area contributed by atoms with Gasteiger partial charge in [-0.3, -0.25) is 0 Å². The molecule has 0 aromatic rings. The Morgan fingerprint density at radius 2 is 1.14 bits per heavy atom. The van der Waals surface area contributed by atoms with Gasteiger partial charge < -0.3 is 0 Å². The number of rotatable bonds is 2. The summed E-state index contributed by atoms with van der Waals surface area (Å²) in [7, 11) is 0. The van der Waals surface area contributed by atoms with E-state index in [1.54, 1.807) is 0 Å². The minimum atomic E-state index is -6.16. The van der Waals surface area contributed by atoms with E-state index in [9.17, 15) is 35.1 Å². The summed E-state index contributed by atoms with van der Waals surface area (Å²) in [5.41, 5.74) is -5.48. The fourth-order valence-corrected chi connectivity index (χ4v) is 0.780. The molecule has 0 aliphatic rings. The van der Waals surface area contributed by atoms with E-state index in [0.29, 0.717) is 6.92 Å². The molecule has 0 aromatic carbocycles. The second-order valence-electron chi connectivity index (χ2n) is 2.78. The first-order valence-corrected chi connectivity index (χ1v) is 3.38. The maximum atomic E-state index is 12.6. The van der Waals surface area contributed by atoms with Crippen molar-refractivity contribution in [3.63, 3.8) is 0 Å². The Morgan fingerprint density at radius 3 is 1.21 bits per heavy atom. The molecule has 86 valence electrons. The van der Waals surface area contributed by atoms with Crippen LogP contribution in [0.4, 0.5) is 35.1 Å². The Morgan fingerprint density at radius 1 is 0.857 bits per heavy atom. The van der Waals surface area contributed by atoms with Gasteiger partial charge in [0.15, 0.2) is 0 Å². The fraction of sp³-hybridized carbons (Fsp3) is 1.00. The van der Waals surface area contributed by atoms with Gasteiger partial charge in [-0.15, -0.1) is 0 Å². The first-order valence-electron chi connectivity index (χ1n) is 3.38. The highest BCUT2D eigenvalue weighted by Gasteiger charge is 2.72. The van der Waals surface area contributed by atoms with E-state index in [1.807, 2.05) is 0 Å². The Balaban J connectivity index is 5.07. The molecule has 0 radical (unpaired) electrons. The Bertz CT molecular complexity index is 173. The van der Waals surface area contributed by atoms with E-state index in [0.717, 1.165) is 0 Å². The van der Waals surface area contributed by atoms with Crippen LogP contribution in [0.2, 0.25) is 0 Å². The molecule has 14 heavy (non-hydrogen) atoms. The zero-order valence-electron chi connectivity index (χ0n) is 6.81. The van der Waals surface area contributed by atoms with Crippen molar-refractivity contribution in [3.8, 4) is 0 Å². The normalized spacial score (nSPS) is 16.9. The van der Waals surface area contributed by atoms with Gasteiger partial charge in [0.25, 0.3) is 0 Å². The van der Waals surface area contributed by atoms with Gasteiger partial charge in [0, 0.05) is 6.42 Å². The molecule has 0 bridgehead atoms. The van der Waals surface area contributed by atoms with Gasteiger partial charge in [-0.25, -0.2) is 8.78 Å². The van der Waals surface area contributed by atoms with Gasteiger partial charge in [0.1, 0.15) is 6.17 Å². The van der Waals surface area contributed by atoms with Crippen LogP contribution in [0.5, 0.6) is 0 Å². The van der Waals surface area contributed by atoms with Crippen LogP contribution in [0.3, 0.4) is 0 Å². The van der Waals surface area contributed by atoms with E-state index in [1.165, 1.54) is 0 Å². The molecule has 0 nitrogen and oxygen atoms in total. The summed E-state index contributed by atoms with van der Waals surface area (Å²) in [6, 6.07) is 0. The molecule has 0 heterocycles. The van der Waals surface area contributed by atoms with Gasteiger partial charge in [-0.1, -0.05) is 0 Å². The second kappa shape index (κ2) is 3.54. The van der Waals surface area contributed by atoms with Crippen LogP contribution in [0.15, 0.2) is 0 Å². The summed E-state index contributed by atoms with van der Waals surface area (Å²) < 4.78 is 94.8. The summed E-state index contributed by atoms with van der Waals surface area (Å²) in [6.45, 7) is 0.422. The molecule has 1 unspecified atom stereocenters. The maximum absolute atomic E-state index is 12.6. The lowest BCUT2D eigenvalue weighted by atomic mass is 9.98. The molecule has 0 fully saturated rings. The van der Waals surface area contributed by atoms with Crippen LogP contribution < -0.4 is 0 Å². The quantitative estimate of drug-likeness (QED) is 0.636. The van der Waals surface area contributed by atoms with Crippen LogP contribution in [0, 0.1) is 0 Å². The minimum Gasteiger partial charge on any atom is -0.248 e. The summed E-state index contributed by atoms with van der Waals surface area (Å²) in [5, 5.41) is 0. The smallest absolute Gasteiger partial charge is 0.248 e. The summed E-state index contributed by atoms with van der Waals surface area (Å²) in [6.07, 6.45) is -17.1. The van der Waals surface area contributed by atoms with Crippen molar-refractivity contribution in [3.05, 3.63) is 0 Å². The lowest BCUT2D eigenvalue weighted by molar-refractivity contribution is -0.345. The predicted octanol–water partition coefficient (Wildman–Crippen LogP) is 3.57. The van der Waals surface area contributed by atoms with Gasteiger partial charge in [-0.05, 0) is 6.92 Å². The molecule has 0 saturated heterocycles. The van der Waals surface area contributed by atoms with Crippen molar-refractivity contribution in [1.82, 2.24) is 0 Å². The third-order valence-corrected chi connectivity index (χ3v) is 1.46. The molecule has 0 N–H and O–H groups in total. The summed E-state index contributed by atoms with van der Waals surface area (Å²) >= 11 is 0. The SMILES string of the molecule is CC(F)CC(F)(C(F)(F)F)C(F)(F)F. The Labute approximate surface area is 73.9 Å². The van der Waals surface area contributed by atoms with E-state index in [2.05, 4.69) is 0 Å². The summed E-state index contributed by atoms with van der Waals surface area (Å²) in [4.78, 5) is 0. The lowest BCUT2D eigenvalue weighted by Gasteiger charge is -2.30. The zero-order valence-corrected chi connectivity index (χ0v) is 6.81. The van der Waals surface area contributed by atoms with Gasteiger partial charge in [0.05, 0.1) is 0 Å². The fourth-order valence-electron chi connectivity index (χ4n) is 0.780. The van der Waals surface area contributed by atoms with Crippen LogP contribution in [-0.4, -0.2) is 24.2 Å². The number of hydrogen-bond donors (Lipinski definition) is 0. The maximum Gasteiger partial charge on any atom is 0.431 e. The van der Waals surface area contributed by atoms with E-state index in [4.69, 9.17) is 0 Å². The molecule has 8 heteroatoms. The first kappa shape index (κ1) is 13.4. The average molecular weight is 230 g/mol. The molecule has 0 aliphatic heterocycles. The topological polar surface area (TPSA) is 0 Å². The van der Waals surface area contributed by atoms with Crippen LogP contribution >= 0.6 is 0 Å². The molecule has 0 aromatic heterocycles. The number of halogens is 8. The van der Waals surface area contributed by atoms with Crippen molar-refractivity contribution in [2.45, 2.75) is 37.5 Å². The van der Waals surface area contributed by atoms with E-state index < -0.39 is 30.6 Å². The van der Waals surface area contributed by atoms with E-state index in [-0.39, 0.29) is 0 Å². The first-order chi connectivity index (χ1) is 5.92. The minimum absolute atomic E-state index is 0.422. The third-order valence-electron chi connectivity index (χ3n) is 1.46. The van der Waals surface area contributed by atoms with Crippen LogP contribution in [-0.2, 0) is 0 Å². The standard InChI is InChI=1S/C6H6F8/c1-3(7)2-4(8,5(9,10)11)6(12,13)14/h3H,2H2,1H3. The predicted molar refractivity (Wildman–Crippen MR) is 31.1 cm³/mol. The zero-order chi connectivity index (χ0) is 11.8. The van der Waals surface area contributed by atoms with Crippen molar-refractivity contribution in [2.75, 3.05) is 0 Å². The largest absolute Gasteiger partial charge is 0.431 e. The van der Waals surface area contributed by atoms with E-state index >= 15 is 0 Å². The highest BCUT2D eigenvalue weighted by Crippen LogP contribution is 2.49. The Hall–Kier alpha value is -0.560. The van der Waals surface area contributed by atoms with Crippen LogP contribution in [0.25, 0.3) is 0 Å². The van der Waals surface area contributed by atoms with Crippen molar-refractivity contribution in [2.24, 2.45) is 0 Å². The number of hydrogen-bond acceptors (Lipinski definition) is 0.